The average molecular weight is 487 g/mol. The van der Waals surface area contributed by atoms with Crippen molar-refractivity contribution in [1.29, 1.82) is 0 Å². The number of nitrogens with zero attached hydrogens (tertiary/aromatic N) is 1. The van der Waals surface area contributed by atoms with Crippen LogP contribution in [0.3, 0.4) is 0 Å². The number of sulfonamides is 1. The van der Waals surface area contributed by atoms with Crippen LogP contribution in [0.25, 0.3) is 0 Å². The summed E-state index contributed by atoms with van der Waals surface area (Å²) in [6, 6.07) is 15.8. The van der Waals surface area contributed by atoms with Gasteiger partial charge in [-0.05, 0) is 77.9 Å². The molecule has 0 unspecified atom stereocenters. The molecule has 3 aromatic rings. The molecular weight excluding hydrogens is 460 g/mol. The summed E-state index contributed by atoms with van der Waals surface area (Å²) in [5, 5.41) is 13.3. The molecule has 174 valence electrons. The second-order valence-corrected chi connectivity index (χ2v) is 10.2. The zero-order valence-electron chi connectivity index (χ0n) is 19.0. The average Bonchev–Trinajstić information content (AvgIpc) is 2.75. The summed E-state index contributed by atoms with van der Waals surface area (Å²) in [7, 11) is -3.91. The molecule has 0 saturated heterocycles. The Kier molecular flexibility index (Phi) is 7.66. The van der Waals surface area contributed by atoms with Gasteiger partial charge in [0.15, 0.2) is 0 Å². The van der Waals surface area contributed by atoms with E-state index < -0.39 is 10.0 Å². The van der Waals surface area contributed by atoms with E-state index in [2.05, 4.69) is 48.0 Å². The van der Waals surface area contributed by atoms with Crippen molar-refractivity contribution in [2.75, 3.05) is 0 Å². The third kappa shape index (κ3) is 6.27. The number of aryl methyl sites for hydroxylation is 2. The molecule has 0 heterocycles. The SMILES string of the molecule is Cc1cc(/C=N/NS(=O)(=O)c2ccc(O)c(Cl)c2)cc(C)c1OCc1ccc(C(C)C)cc1. The van der Waals surface area contributed by atoms with Crippen LogP contribution in [0.2, 0.25) is 5.02 Å². The van der Waals surface area contributed by atoms with Crippen LogP contribution in [0.15, 0.2) is 64.6 Å². The van der Waals surface area contributed by atoms with E-state index in [0.717, 1.165) is 34.1 Å². The Balaban J connectivity index is 1.67. The lowest BCUT2D eigenvalue weighted by Gasteiger charge is -2.14. The van der Waals surface area contributed by atoms with E-state index in [1.54, 1.807) is 0 Å². The molecule has 0 aromatic heterocycles. The smallest absolute Gasteiger partial charge is 0.276 e. The van der Waals surface area contributed by atoms with Crippen LogP contribution in [0.4, 0.5) is 0 Å². The number of aromatic hydroxyl groups is 1. The minimum atomic E-state index is -3.91. The summed E-state index contributed by atoms with van der Waals surface area (Å²) in [6.07, 6.45) is 1.42. The maximum absolute atomic E-state index is 12.4. The van der Waals surface area contributed by atoms with Gasteiger partial charge in [0.25, 0.3) is 10.0 Å². The number of rotatable bonds is 8. The van der Waals surface area contributed by atoms with Crippen molar-refractivity contribution < 1.29 is 18.3 Å². The number of hydrazone groups is 1. The fourth-order valence-corrected chi connectivity index (χ4v) is 4.38. The lowest BCUT2D eigenvalue weighted by atomic mass is 10.0. The van der Waals surface area contributed by atoms with Crippen LogP contribution in [0.1, 0.15) is 47.6 Å². The first-order chi connectivity index (χ1) is 15.6. The predicted molar refractivity (Wildman–Crippen MR) is 132 cm³/mol. The summed E-state index contributed by atoms with van der Waals surface area (Å²) in [5.74, 6) is 1.08. The maximum atomic E-state index is 12.4. The second-order valence-electron chi connectivity index (χ2n) is 8.13. The summed E-state index contributed by atoms with van der Waals surface area (Å²) in [4.78, 5) is 2.06. The Morgan fingerprint density at radius 2 is 1.70 bits per heavy atom. The van der Waals surface area contributed by atoms with Crippen molar-refractivity contribution in [2.24, 2.45) is 5.10 Å². The Bertz CT molecular complexity index is 1250. The monoisotopic (exact) mass is 486 g/mol. The molecule has 8 heteroatoms. The lowest BCUT2D eigenvalue weighted by Crippen LogP contribution is -2.18. The van der Waals surface area contributed by atoms with E-state index in [4.69, 9.17) is 16.3 Å². The molecule has 0 aliphatic carbocycles. The number of benzene rings is 3. The van der Waals surface area contributed by atoms with Crippen molar-refractivity contribution in [3.8, 4) is 11.5 Å². The predicted octanol–water partition coefficient (Wildman–Crippen LogP) is 5.68. The molecule has 2 N–H and O–H groups in total. The first kappa shape index (κ1) is 24.6. The number of ether oxygens (including phenoxy) is 1. The highest BCUT2D eigenvalue weighted by Crippen LogP contribution is 2.27. The Labute approximate surface area is 199 Å². The molecule has 33 heavy (non-hydrogen) atoms. The number of phenols is 1. The fraction of sp³-hybridized carbons (Fsp3) is 0.240. The molecule has 0 aliphatic rings. The van der Waals surface area contributed by atoms with E-state index in [0.29, 0.717) is 12.5 Å². The Morgan fingerprint density at radius 1 is 1.06 bits per heavy atom. The van der Waals surface area contributed by atoms with Crippen molar-refractivity contribution in [3.63, 3.8) is 0 Å². The van der Waals surface area contributed by atoms with Gasteiger partial charge in [-0.1, -0.05) is 49.7 Å². The maximum Gasteiger partial charge on any atom is 0.276 e. The third-order valence-electron chi connectivity index (χ3n) is 5.13. The van der Waals surface area contributed by atoms with Gasteiger partial charge in [0.1, 0.15) is 18.1 Å². The van der Waals surface area contributed by atoms with E-state index in [1.807, 2.05) is 26.0 Å². The molecule has 0 spiro atoms. The highest BCUT2D eigenvalue weighted by molar-refractivity contribution is 7.89. The Morgan fingerprint density at radius 3 is 2.27 bits per heavy atom. The standard InChI is InChI=1S/C25H27ClN2O4S/c1-16(2)21-7-5-19(6-8-21)15-32-25-17(3)11-20(12-18(25)4)14-27-28-33(30,31)22-9-10-24(29)23(26)13-22/h5-14,16,28-29H,15H2,1-4H3/b27-14+. The van der Waals surface area contributed by atoms with Crippen molar-refractivity contribution >= 4 is 27.8 Å². The van der Waals surface area contributed by atoms with Gasteiger partial charge >= 0.3 is 0 Å². The van der Waals surface area contributed by atoms with Crippen molar-refractivity contribution in [3.05, 3.63) is 87.4 Å². The number of hydrogen-bond donors (Lipinski definition) is 2. The molecule has 0 atom stereocenters. The molecular formula is C25H27ClN2O4S. The van der Waals surface area contributed by atoms with Gasteiger partial charge in [-0.2, -0.15) is 13.5 Å². The summed E-state index contributed by atoms with van der Waals surface area (Å²) in [6.45, 7) is 8.66. The fourth-order valence-electron chi connectivity index (χ4n) is 3.32. The van der Waals surface area contributed by atoms with Gasteiger partial charge in [0.05, 0.1) is 16.1 Å². The first-order valence-electron chi connectivity index (χ1n) is 10.4. The van der Waals surface area contributed by atoms with Crippen LogP contribution in [-0.2, 0) is 16.6 Å². The molecule has 6 nitrogen and oxygen atoms in total. The minimum absolute atomic E-state index is 0.0560. The zero-order chi connectivity index (χ0) is 24.2. The molecule has 0 fully saturated rings. The zero-order valence-corrected chi connectivity index (χ0v) is 20.5. The highest BCUT2D eigenvalue weighted by atomic mass is 35.5. The molecule has 0 aliphatic heterocycles. The van der Waals surface area contributed by atoms with Gasteiger partial charge in [-0.15, -0.1) is 0 Å². The quantitative estimate of drug-likeness (QED) is 0.317. The largest absolute Gasteiger partial charge is 0.506 e. The lowest BCUT2D eigenvalue weighted by molar-refractivity contribution is 0.302. The van der Waals surface area contributed by atoms with Gasteiger partial charge in [-0.25, -0.2) is 4.83 Å². The topological polar surface area (TPSA) is 88.0 Å². The van der Waals surface area contributed by atoms with Crippen molar-refractivity contribution in [2.45, 2.75) is 45.1 Å². The second kappa shape index (κ2) is 10.3. The molecule has 3 aromatic carbocycles. The molecule has 0 amide bonds. The van der Waals surface area contributed by atoms with E-state index >= 15 is 0 Å². The number of hydrogen-bond acceptors (Lipinski definition) is 5. The minimum Gasteiger partial charge on any atom is -0.506 e. The highest BCUT2D eigenvalue weighted by Gasteiger charge is 2.14. The molecule has 3 rings (SSSR count). The van der Waals surface area contributed by atoms with Gasteiger partial charge in [0, 0.05) is 0 Å². The van der Waals surface area contributed by atoms with Crippen LogP contribution < -0.4 is 9.57 Å². The number of halogens is 1. The van der Waals surface area contributed by atoms with E-state index in [-0.39, 0.29) is 15.7 Å². The normalized spacial score (nSPS) is 11.8. The third-order valence-corrected chi connectivity index (χ3v) is 6.65. The van der Waals surface area contributed by atoms with Crippen LogP contribution >= 0.6 is 11.6 Å². The summed E-state index contributed by atoms with van der Waals surface area (Å²) in [5.41, 5.74) is 4.95. The molecule has 0 bridgehead atoms. The first-order valence-corrected chi connectivity index (χ1v) is 12.3. The summed E-state index contributed by atoms with van der Waals surface area (Å²) < 4.78 is 30.8. The summed E-state index contributed by atoms with van der Waals surface area (Å²) >= 11 is 5.79. The van der Waals surface area contributed by atoms with E-state index in [1.165, 1.54) is 23.9 Å². The van der Waals surface area contributed by atoms with Crippen LogP contribution in [-0.4, -0.2) is 19.7 Å². The van der Waals surface area contributed by atoms with E-state index in [9.17, 15) is 13.5 Å². The van der Waals surface area contributed by atoms with Crippen LogP contribution in [0, 0.1) is 13.8 Å². The number of nitrogens with one attached hydrogen (secondary N) is 1. The van der Waals surface area contributed by atoms with Crippen LogP contribution in [0.5, 0.6) is 11.5 Å². The van der Waals surface area contributed by atoms with Gasteiger partial charge < -0.3 is 9.84 Å². The van der Waals surface area contributed by atoms with Gasteiger partial charge in [-0.3, -0.25) is 0 Å². The van der Waals surface area contributed by atoms with Gasteiger partial charge in [0.2, 0.25) is 0 Å². The number of phenolic OH excluding ortho intramolecular Hbond substituents is 1. The molecule has 0 saturated carbocycles. The van der Waals surface area contributed by atoms with Crippen molar-refractivity contribution in [1.82, 2.24) is 4.83 Å². The molecule has 0 radical (unpaired) electrons. The Hall–Kier alpha value is -3.03.